The van der Waals surface area contributed by atoms with E-state index < -0.39 is 30.6 Å². The molecule has 5 heterocycles. The SMILES string of the molecule is C=CCOC(=O)N1c2cc(OCCCC(=O)Nc3cn(C)c(C(=O)Nc4ccc5sc(C)cc5c4)n3)c(OC)cc2C(=O)N2CCCC[C@H]2C1OC1CCCCO1. The maximum Gasteiger partial charge on any atom is 0.416 e. The van der Waals surface area contributed by atoms with Gasteiger partial charge in [0, 0.05) is 54.1 Å². The van der Waals surface area contributed by atoms with Crippen molar-refractivity contribution in [1.82, 2.24) is 14.5 Å². The number of benzene rings is 2. The average molecular weight is 801 g/mol. The van der Waals surface area contributed by atoms with Gasteiger partial charge in [-0.15, -0.1) is 11.3 Å². The van der Waals surface area contributed by atoms with Crippen LogP contribution in [0.4, 0.5) is 22.0 Å². The molecule has 0 radical (unpaired) electrons. The Kier molecular flexibility index (Phi) is 12.4. The van der Waals surface area contributed by atoms with Gasteiger partial charge in [0.05, 0.1) is 31.0 Å². The number of imidazole rings is 1. The predicted molar refractivity (Wildman–Crippen MR) is 215 cm³/mol. The summed E-state index contributed by atoms with van der Waals surface area (Å²) >= 11 is 1.69. The molecule has 3 atom stereocenters. The number of aryl methyl sites for hydroxylation is 2. The third-order valence-electron chi connectivity index (χ3n) is 10.2. The van der Waals surface area contributed by atoms with E-state index >= 15 is 0 Å². The number of carbonyl (C=O) groups is 4. The van der Waals surface area contributed by atoms with Gasteiger partial charge in [-0.05, 0) is 87.6 Å². The first-order valence-electron chi connectivity index (χ1n) is 19.3. The Labute approximate surface area is 334 Å². The topological polar surface area (TPSA) is 163 Å². The first-order valence-corrected chi connectivity index (χ1v) is 20.1. The fraction of sp³-hybridized carbons (Fsp3) is 0.439. The summed E-state index contributed by atoms with van der Waals surface area (Å²) in [6.07, 6.45) is 6.12. The van der Waals surface area contributed by atoms with E-state index in [2.05, 4.69) is 28.3 Å². The van der Waals surface area contributed by atoms with Crippen molar-refractivity contribution in [3.05, 3.63) is 71.5 Å². The van der Waals surface area contributed by atoms with Crippen LogP contribution < -0.4 is 25.0 Å². The lowest BCUT2D eigenvalue weighted by Crippen LogP contribution is -2.57. The summed E-state index contributed by atoms with van der Waals surface area (Å²) in [5.41, 5.74) is 1.16. The number of ether oxygens (including phenoxy) is 5. The lowest BCUT2D eigenvalue weighted by Gasteiger charge is -2.42. The van der Waals surface area contributed by atoms with Crippen molar-refractivity contribution >= 4 is 62.4 Å². The zero-order chi connectivity index (χ0) is 40.1. The zero-order valence-corrected chi connectivity index (χ0v) is 33.2. The van der Waals surface area contributed by atoms with Gasteiger partial charge in [0.1, 0.15) is 6.61 Å². The van der Waals surface area contributed by atoms with Crippen LogP contribution in [0.1, 0.15) is 77.2 Å². The molecule has 2 N–H and O–H groups in total. The maximum absolute atomic E-state index is 14.2. The van der Waals surface area contributed by atoms with Crippen LogP contribution in [-0.4, -0.2) is 90.3 Å². The normalized spacial score (nSPS) is 19.3. The van der Waals surface area contributed by atoms with Gasteiger partial charge in [0.25, 0.3) is 11.8 Å². The van der Waals surface area contributed by atoms with Gasteiger partial charge in [0.2, 0.25) is 11.7 Å². The van der Waals surface area contributed by atoms with Crippen molar-refractivity contribution in [2.45, 2.75) is 76.9 Å². The number of hydrogen-bond acceptors (Lipinski definition) is 11. The third-order valence-corrected chi connectivity index (χ3v) is 11.2. The highest BCUT2D eigenvalue weighted by Gasteiger charge is 2.47. The Morgan fingerprint density at radius 2 is 1.91 bits per heavy atom. The van der Waals surface area contributed by atoms with Crippen LogP contribution in [0.25, 0.3) is 10.1 Å². The second-order valence-electron chi connectivity index (χ2n) is 14.3. The van der Waals surface area contributed by atoms with Crippen LogP contribution in [0.2, 0.25) is 0 Å². The van der Waals surface area contributed by atoms with E-state index in [1.807, 2.05) is 25.1 Å². The van der Waals surface area contributed by atoms with E-state index in [1.54, 1.807) is 46.2 Å². The molecule has 0 bridgehead atoms. The average Bonchev–Trinajstić information content (AvgIpc) is 3.75. The lowest BCUT2D eigenvalue weighted by molar-refractivity contribution is -0.198. The van der Waals surface area contributed by atoms with Gasteiger partial charge in [0.15, 0.2) is 29.8 Å². The highest BCUT2D eigenvalue weighted by Crippen LogP contribution is 2.42. The van der Waals surface area contributed by atoms with Crippen LogP contribution in [-0.2, 0) is 26.1 Å². The molecule has 3 aliphatic rings. The Hall–Kier alpha value is -5.45. The molecule has 7 rings (SSSR count). The largest absolute Gasteiger partial charge is 0.493 e. The third kappa shape index (κ3) is 8.92. The summed E-state index contributed by atoms with van der Waals surface area (Å²) in [5, 5.41) is 6.70. The molecule has 0 saturated carbocycles. The minimum absolute atomic E-state index is 0.0412. The molecule has 2 aromatic heterocycles. The summed E-state index contributed by atoms with van der Waals surface area (Å²) in [5.74, 6) is -0.0344. The van der Waals surface area contributed by atoms with Gasteiger partial charge in [-0.2, -0.15) is 0 Å². The van der Waals surface area contributed by atoms with E-state index in [4.69, 9.17) is 23.7 Å². The van der Waals surface area contributed by atoms with E-state index in [0.29, 0.717) is 43.9 Å². The number of thiophene rings is 1. The Morgan fingerprint density at radius 1 is 1.07 bits per heavy atom. The molecule has 57 heavy (non-hydrogen) atoms. The predicted octanol–water partition coefficient (Wildman–Crippen LogP) is 7.01. The van der Waals surface area contributed by atoms with Crippen LogP contribution in [0, 0.1) is 6.92 Å². The first-order chi connectivity index (χ1) is 27.6. The van der Waals surface area contributed by atoms with Crippen molar-refractivity contribution in [3.8, 4) is 11.5 Å². The monoisotopic (exact) mass is 800 g/mol. The van der Waals surface area contributed by atoms with Crippen LogP contribution in [0.5, 0.6) is 11.5 Å². The van der Waals surface area contributed by atoms with Crippen molar-refractivity contribution in [1.29, 1.82) is 0 Å². The van der Waals surface area contributed by atoms with Crippen molar-refractivity contribution < 1.29 is 42.9 Å². The first kappa shape index (κ1) is 39.8. The number of fused-ring (bicyclic) bond motifs is 3. The minimum atomic E-state index is -0.890. The molecule has 3 aliphatic heterocycles. The molecule has 0 spiro atoms. The van der Waals surface area contributed by atoms with Gasteiger partial charge < -0.3 is 43.8 Å². The Bertz CT molecular complexity index is 2140. The van der Waals surface area contributed by atoms with E-state index in [9.17, 15) is 19.2 Å². The van der Waals surface area contributed by atoms with Crippen molar-refractivity contribution in [2.24, 2.45) is 7.05 Å². The van der Waals surface area contributed by atoms with Gasteiger partial charge in [-0.1, -0.05) is 12.7 Å². The number of rotatable bonds is 13. The molecule has 16 heteroatoms. The summed E-state index contributed by atoms with van der Waals surface area (Å²) in [6.45, 7) is 6.84. The molecule has 0 aliphatic carbocycles. The molecule has 4 amide bonds. The molecule has 2 fully saturated rings. The van der Waals surface area contributed by atoms with Crippen molar-refractivity contribution in [2.75, 3.05) is 49.0 Å². The summed E-state index contributed by atoms with van der Waals surface area (Å²) in [4.78, 5) is 62.9. The lowest BCUT2D eigenvalue weighted by atomic mass is 10.00. The van der Waals surface area contributed by atoms with Crippen LogP contribution in [0.3, 0.4) is 0 Å². The van der Waals surface area contributed by atoms with Gasteiger partial charge in [-0.3, -0.25) is 14.4 Å². The molecule has 15 nitrogen and oxygen atoms in total. The van der Waals surface area contributed by atoms with Crippen LogP contribution in [0.15, 0.2) is 55.3 Å². The van der Waals surface area contributed by atoms with Crippen molar-refractivity contribution in [3.63, 3.8) is 0 Å². The number of aromatic nitrogens is 2. The fourth-order valence-corrected chi connectivity index (χ4v) is 8.39. The summed E-state index contributed by atoms with van der Waals surface area (Å²) in [6, 6.07) is 10.5. The van der Waals surface area contributed by atoms with E-state index in [-0.39, 0.29) is 60.1 Å². The molecule has 302 valence electrons. The second kappa shape index (κ2) is 17.8. The van der Waals surface area contributed by atoms with Gasteiger partial charge >= 0.3 is 6.09 Å². The summed E-state index contributed by atoms with van der Waals surface area (Å²) in [7, 11) is 3.15. The number of hydrogen-bond donors (Lipinski definition) is 2. The van der Waals surface area contributed by atoms with Crippen LogP contribution >= 0.6 is 11.3 Å². The minimum Gasteiger partial charge on any atom is -0.493 e. The fourth-order valence-electron chi connectivity index (χ4n) is 7.49. The number of anilines is 3. The highest BCUT2D eigenvalue weighted by molar-refractivity contribution is 7.19. The number of methoxy groups -OCH3 is 1. The standard InChI is InChI=1S/C41H48N6O9S/c1-5-17-55-41(51)47-30-23-32(31(52-4)22-28(30)39(50)46-16-8-6-11-29(46)40(47)56-36-13-7-9-18-54-36)53-19-10-12-35(48)43-34-24-45(3)37(44-34)38(49)42-27-14-15-33-26(21-27)20-25(2)57-33/h5,14-15,20-24,29,36,40H,1,6-13,16-19H2,2-4H3,(H,42,49)(H,43,48)/t29-,36?,40?/m0/s1. The molecule has 2 aromatic carbocycles. The summed E-state index contributed by atoms with van der Waals surface area (Å²) < 4.78 is 32.6. The molecule has 4 aromatic rings. The number of carbonyl (C=O) groups excluding carboxylic acids is 4. The zero-order valence-electron chi connectivity index (χ0n) is 32.4. The number of piperidine rings is 1. The molecular formula is C41H48N6O9S. The van der Waals surface area contributed by atoms with E-state index in [1.165, 1.54) is 23.0 Å². The molecule has 2 unspecified atom stereocenters. The smallest absolute Gasteiger partial charge is 0.416 e. The molecular weight excluding hydrogens is 753 g/mol. The maximum atomic E-state index is 14.2. The Balaban J connectivity index is 1.03. The van der Waals surface area contributed by atoms with E-state index in [0.717, 1.165) is 35.8 Å². The Morgan fingerprint density at radius 3 is 2.70 bits per heavy atom. The number of nitrogens with one attached hydrogen (secondary N) is 2. The number of amides is 4. The second-order valence-corrected chi connectivity index (χ2v) is 15.6. The number of nitrogens with zero attached hydrogens (tertiary/aromatic N) is 4. The van der Waals surface area contributed by atoms with Gasteiger partial charge in [-0.25, -0.2) is 14.7 Å². The molecule has 2 saturated heterocycles. The quantitative estimate of drug-likeness (QED) is 0.106. The highest BCUT2D eigenvalue weighted by atomic mass is 32.1.